The van der Waals surface area contributed by atoms with Gasteiger partial charge in [0.1, 0.15) is 0 Å². The molecule has 1 unspecified atom stereocenters. The zero-order chi connectivity index (χ0) is 14.3. The molecule has 0 bridgehead atoms. The van der Waals surface area contributed by atoms with E-state index in [-0.39, 0.29) is 0 Å². The van der Waals surface area contributed by atoms with Crippen LogP contribution in [-0.2, 0) is 4.74 Å². The SMILES string of the molecule is CCC1(CC)CN(CCCOCC(C)C)C(C)CN1. The molecule has 114 valence electrons. The van der Waals surface area contributed by atoms with E-state index in [0.717, 1.165) is 26.2 Å². The molecule has 0 spiro atoms. The molecule has 0 saturated carbocycles. The molecule has 0 aromatic heterocycles. The zero-order valence-electron chi connectivity index (χ0n) is 13.7. The fraction of sp³-hybridized carbons (Fsp3) is 1.00. The first-order valence-electron chi connectivity index (χ1n) is 8.09. The highest BCUT2D eigenvalue weighted by Crippen LogP contribution is 2.22. The monoisotopic (exact) mass is 270 g/mol. The van der Waals surface area contributed by atoms with Gasteiger partial charge in [-0.05, 0) is 32.1 Å². The van der Waals surface area contributed by atoms with Gasteiger partial charge in [-0.1, -0.05) is 27.7 Å². The van der Waals surface area contributed by atoms with Gasteiger partial charge in [0.25, 0.3) is 0 Å². The highest BCUT2D eigenvalue weighted by atomic mass is 16.5. The molecule has 0 aliphatic carbocycles. The lowest BCUT2D eigenvalue weighted by Crippen LogP contribution is -2.63. The van der Waals surface area contributed by atoms with Gasteiger partial charge in [0.05, 0.1) is 0 Å². The lowest BCUT2D eigenvalue weighted by atomic mass is 9.88. The Kier molecular flexibility index (Phi) is 7.33. The quantitative estimate of drug-likeness (QED) is 0.686. The minimum Gasteiger partial charge on any atom is -0.381 e. The molecule has 0 aromatic carbocycles. The van der Waals surface area contributed by atoms with Gasteiger partial charge in [-0.25, -0.2) is 0 Å². The Morgan fingerprint density at radius 3 is 2.58 bits per heavy atom. The fourth-order valence-electron chi connectivity index (χ4n) is 2.81. The van der Waals surface area contributed by atoms with Crippen LogP contribution in [0.5, 0.6) is 0 Å². The molecule has 19 heavy (non-hydrogen) atoms. The number of rotatable bonds is 8. The molecule has 1 heterocycles. The molecular formula is C16H34N2O. The third-order valence-corrected chi connectivity index (χ3v) is 4.44. The Hall–Kier alpha value is -0.120. The summed E-state index contributed by atoms with van der Waals surface area (Å²) < 4.78 is 5.68. The second-order valence-corrected chi connectivity index (χ2v) is 6.51. The average molecular weight is 270 g/mol. The standard InChI is InChI=1S/C16H34N2O/c1-6-16(7-2)13-18(15(5)11-17-16)9-8-10-19-12-14(3)4/h14-15,17H,6-13H2,1-5H3. The predicted molar refractivity (Wildman–Crippen MR) is 82.6 cm³/mol. The molecule has 3 heteroatoms. The lowest BCUT2D eigenvalue weighted by Gasteiger charge is -2.46. The van der Waals surface area contributed by atoms with Crippen LogP contribution in [0.3, 0.4) is 0 Å². The molecule has 3 nitrogen and oxygen atoms in total. The van der Waals surface area contributed by atoms with Crippen molar-refractivity contribution in [3.63, 3.8) is 0 Å². The highest BCUT2D eigenvalue weighted by Gasteiger charge is 2.34. The molecule has 1 rings (SSSR count). The van der Waals surface area contributed by atoms with Crippen LogP contribution < -0.4 is 5.32 Å². The number of hydrogen-bond acceptors (Lipinski definition) is 3. The van der Waals surface area contributed by atoms with E-state index in [4.69, 9.17) is 4.74 Å². The molecular weight excluding hydrogens is 236 g/mol. The van der Waals surface area contributed by atoms with Crippen molar-refractivity contribution in [3.05, 3.63) is 0 Å². The molecule has 0 amide bonds. The zero-order valence-corrected chi connectivity index (χ0v) is 13.7. The third-order valence-electron chi connectivity index (χ3n) is 4.44. The Morgan fingerprint density at radius 2 is 2.00 bits per heavy atom. The summed E-state index contributed by atoms with van der Waals surface area (Å²) in [7, 11) is 0. The van der Waals surface area contributed by atoms with Gasteiger partial charge in [-0.15, -0.1) is 0 Å². The second-order valence-electron chi connectivity index (χ2n) is 6.51. The van der Waals surface area contributed by atoms with Crippen LogP contribution in [0.2, 0.25) is 0 Å². The van der Waals surface area contributed by atoms with Crippen molar-refractivity contribution in [2.75, 3.05) is 32.8 Å². The molecule has 0 aromatic rings. The van der Waals surface area contributed by atoms with Crippen molar-refractivity contribution in [1.82, 2.24) is 10.2 Å². The van der Waals surface area contributed by atoms with E-state index in [0.29, 0.717) is 17.5 Å². The summed E-state index contributed by atoms with van der Waals surface area (Å²) in [5.41, 5.74) is 0.339. The number of nitrogens with one attached hydrogen (secondary N) is 1. The maximum atomic E-state index is 5.68. The van der Waals surface area contributed by atoms with E-state index < -0.39 is 0 Å². The molecule has 1 aliphatic heterocycles. The van der Waals surface area contributed by atoms with E-state index >= 15 is 0 Å². The molecule has 1 aliphatic rings. The predicted octanol–water partition coefficient (Wildman–Crippen LogP) is 2.90. The van der Waals surface area contributed by atoms with E-state index in [2.05, 4.69) is 44.8 Å². The van der Waals surface area contributed by atoms with Crippen LogP contribution >= 0.6 is 0 Å². The second kappa shape index (κ2) is 8.23. The Bertz CT molecular complexity index is 239. The summed E-state index contributed by atoms with van der Waals surface area (Å²) in [6.07, 6.45) is 3.59. The van der Waals surface area contributed by atoms with Gasteiger partial charge in [0.15, 0.2) is 0 Å². The molecule has 1 N–H and O–H groups in total. The topological polar surface area (TPSA) is 24.5 Å². The van der Waals surface area contributed by atoms with Gasteiger partial charge < -0.3 is 10.1 Å². The maximum Gasteiger partial charge on any atom is 0.0489 e. The van der Waals surface area contributed by atoms with Gasteiger partial charge in [-0.3, -0.25) is 4.90 Å². The van der Waals surface area contributed by atoms with Crippen LogP contribution in [0.1, 0.15) is 53.9 Å². The van der Waals surface area contributed by atoms with Crippen molar-refractivity contribution >= 4 is 0 Å². The summed E-state index contributed by atoms with van der Waals surface area (Å²) in [5.74, 6) is 0.644. The van der Waals surface area contributed by atoms with E-state index in [1.54, 1.807) is 0 Å². The van der Waals surface area contributed by atoms with Gasteiger partial charge in [-0.2, -0.15) is 0 Å². The first kappa shape index (κ1) is 16.9. The minimum absolute atomic E-state index is 0.339. The summed E-state index contributed by atoms with van der Waals surface area (Å²) in [4.78, 5) is 2.64. The van der Waals surface area contributed by atoms with E-state index in [9.17, 15) is 0 Å². The summed E-state index contributed by atoms with van der Waals surface area (Å²) >= 11 is 0. The molecule has 1 fully saturated rings. The molecule has 0 radical (unpaired) electrons. The van der Waals surface area contributed by atoms with Crippen LogP contribution in [0.25, 0.3) is 0 Å². The van der Waals surface area contributed by atoms with Crippen LogP contribution in [-0.4, -0.2) is 49.3 Å². The van der Waals surface area contributed by atoms with Crippen LogP contribution in [0.15, 0.2) is 0 Å². The normalized spacial score (nSPS) is 24.0. The van der Waals surface area contributed by atoms with E-state index in [1.807, 2.05) is 0 Å². The Labute approximate surface area is 120 Å². The number of hydrogen-bond donors (Lipinski definition) is 1. The number of ether oxygens (including phenoxy) is 1. The summed E-state index contributed by atoms with van der Waals surface area (Å²) in [6, 6.07) is 0.649. The molecule has 1 atom stereocenters. The number of piperazine rings is 1. The maximum absolute atomic E-state index is 5.68. The van der Waals surface area contributed by atoms with E-state index in [1.165, 1.54) is 25.9 Å². The molecule has 1 saturated heterocycles. The largest absolute Gasteiger partial charge is 0.381 e. The van der Waals surface area contributed by atoms with Crippen molar-refractivity contribution in [2.24, 2.45) is 5.92 Å². The first-order valence-corrected chi connectivity index (χ1v) is 8.09. The highest BCUT2D eigenvalue weighted by molar-refractivity contribution is 4.95. The smallest absolute Gasteiger partial charge is 0.0489 e. The Balaban J connectivity index is 2.30. The van der Waals surface area contributed by atoms with Crippen molar-refractivity contribution in [3.8, 4) is 0 Å². The number of nitrogens with zero attached hydrogens (tertiary/aromatic N) is 1. The summed E-state index contributed by atoms with van der Waals surface area (Å²) in [6.45, 7) is 16.6. The minimum atomic E-state index is 0.339. The lowest BCUT2D eigenvalue weighted by molar-refractivity contribution is 0.0595. The van der Waals surface area contributed by atoms with Crippen molar-refractivity contribution in [1.29, 1.82) is 0 Å². The van der Waals surface area contributed by atoms with Gasteiger partial charge in [0.2, 0.25) is 0 Å². The fourth-order valence-corrected chi connectivity index (χ4v) is 2.81. The third kappa shape index (κ3) is 5.41. The summed E-state index contributed by atoms with van der Waals surface area (Å²) in [5, 5.41) is 3.76. The first-order chi connectivity index (χ1) is 9.03. The van der Waals surface area contributed by atoms with Crippen LogP contribution in [0.4, 0.5) is 0 Å². The van der Waals surface area contributed by atoms with Gasteiger partial charge in [0, 0.05) is 44.4 Å². The van der Waals surface area contributed by atoms with Crippen molar-refractivity contribution < 1.29 is 4.74 Å². The van der Waals surface area contributed by atoms with Crippen LogP contribution in [0, 0.1) is 5.92 Å². The Morgan fingerprint density at radius 1 is 1.32 bits per heavy atom. The van der Waals surface area contributed by atoms with Gasteiger partial charge >= 0.3 is 0 Å². The van der Waals surface area contributed by atoms with Crippen molar-refractivity contribution in [2.45, 2.75) is 65.5 Å². The average Bonchev–Trinajstić information content (AvgIpc) is 2.40.